The number of fused-ring (bicyclic) bond motifs is 16. The van der Waals surface area contributed by atoms with Crippen molar-refractivity contribution in [2.75, 3.05) is 0 Å². The molecule has 2 heteroatoms. The lowest BCUT2D eigenvalue weighted by Crippen LogP contribution is -2.08. The lowest BCUT2D eigenvalue weighted by Gasteiger charge is -2.21. The molecule has 0 spiro atoms. The Balaban J connectivity index is 1.46. The van der Waals surface area contributed by atoms with Gasteiger partial charge in [-0.25, -0.2) is 0 Å². The molecule has 4 aliphatic rings. The van der Waals surface area contributed by atoms with Crippen molar-refractivity contribution in [2.45, 2.75) is 24.4 Å². The van der Waals surface area contributed by atoms with Crippen molar-refractivity contribution >= 4 is 0 Å². The van der Waals surface area contributed by atoms with Crippen molar-refractivity contribution < 1.29 is 9.47 Å². The van der Waals surface area contributed by atoms with Crippen LogP contribution in [0.2, 0.25) is 0 Å². The van der Waals surface area contributed by atoms with Crippen LogP contribution in [0.4, 0.5) is 0 Å². The van der Waals surface area contributed by atoms with Gasteiger partial charge in [-0.1, -0.05) is 48.5 Å². The first-order chi connectivity index (χ1) is 11.9. The highest BCUT2D eigenvalue weighted by molar-refractivity contribution is 5.62. The molecule has 4 heterocycles. The predicted octanol–water partition coefficient (Wildman–Crippen LogP) is 4.73. The van der Waals surface area contributed by atoms with Crippen LogP contribution in [-0.2, 0) is 9.47 Å². The van der Waals surface area contributed by atoms with Gasteiger partial charge in [0.15, 0.2) is 0 Å². The van der Waals surface area contributed by atoms with Crippen LogP contribution in [0.15, 0.2) is 60.7 Å². The Morgan fingerprint density at radius 2 is 0.708 bits per heavy atom. The molecule has 0 aromatic heterocycles. The van der Waals surface area contributed by atoms with E-state index in [1.165, 1.54) is 44.5 Å². The Bertz CT molecular complexity index is 890. The highest BCUT2D eigenvalue weighted by Gasteiger charge is 2.48. The van der Waals surface area contributed by atoms with Crippen LogP contribution in [0.3, 0.4) is 0 Å². The van der Waals surface area contributed by atoms with Crippen molar-refractivity contribution in [2.24, 2.45) is 0 Å². The molecule has 2 nitrogen and oxygen atoms in total. The molecule has 24 heavy (non-hydrogen) atoms. The second-order valence-electron chi connectivity index (χ2n) is 7.16. The molecule has 0 fully saturated rings. The summed E-state index contributed by atoms with van der Waals surface area (Å²) >= 11 is 0. The van der Waals surface area contributed by atoms with Crippen molar-refractivity contribution in [3.05, 3.63) is 105 Å². The summed E-state index contributed by atoms with van der Waals surface area (Å²) in [6.45, 7) is 0. The first kappa shape index (κ1) is 12.0. The van der Waals surface area contributed by atoms with Crippen LogP contribution in [0, 0.1) is 0 Å². The quantitative estimate of drug-likeness (QED) is 0.597. The zero-order chi connectivity index (χ0) is 15.4. The molecule has 114 valence electrons. The van der Waals surface area contributed by atoms with Gasteiger partial charge in [-0.15, -0.1) is 0 Å². The van der Waals surface area contributed by atoms with Gasteiger partial charge >= 0.3 is 0 Å². The van der Waals surface area contributed by atoms with Crippen LogP contribution < -0.4 is 0 Å². The summed E-state index contributed by atoms with van der Waals surface area (Å²) in [4.78, 5) is 0. The van der Waals surface area contributed by atoms with E-state index in [4.69, 9.17) is 9.47 Å². The van der Waals surface area contributed by atoms with Gasteiger partial charge in [0.05, 0.1) is 0 Å². The van der Waals surface area contributed by atoms with Crippen molar-refractivity contribution in [3.8, 4) is 0 Å². The van der Waals surface area contributed by atoms with Crippen LogP contribution in [0.1, 0.15) is 68.9 Å². The molecule has 0 amide bonds. The van der Waals surface area contributed by atoms with E-state index in [-0.39, 0.29) is 24.4 Å². The van der Waals surface area contributed by atoms with Gasteiger partial charge in [-0.05, 0) is 56.6 Å². The van der Waals surface area contributed by atoms with Crippen molar-refractivity contribution in [3.63, 3.8) is 0 Å². The molecule has 4 aliphatic heterocycles. The van der Waals surface area contributed by atoms with Gasteiger partial charge in [0.1, 0.15) is 24.4 Å². The third kappa shape index (κ3) is 1.18. The first-order valence-electron chi connectivity index (χ1n) is 8.56. The summed E-state index contributed by atoms with van der Waals surface area (Å²) in [5.74, 6) is 0. The predicted molar refractivity (Wildman–Crippen MR) is 88.9 cm³/mol. The molecule has 7 rings (SSSR count). The Labute approximate surface area is 139 Å². The highest BCUT2D eigenvalue weighted by atomic mass is 16.5. The van der Waals surface area contributed by atoms with Crippen molar-refractivity contribution in [1.82, 2.24) is 0 Å². The van der Waals surface area contributed by atoms with Crippen LogP contribution in [0.5, 0.6) is 0 Å². The summed E-state index contributed by atoms with van der Waals surface area (Å²) < 4.78 is 12.6. The zero-order valence-corrected chi connectivity index (χ0v) is 12.9. The molecule has 0 aliphatic carbocycles. The molecular formula is C22H14O2. The molecule has 3 aromatic carbocycles. The van der Waals surface area contributed by atoms with E-state index in [1.807, 2.05) is 0 Å². The lowest BCUT2D eigenvalue weighted by atomic mass is 9.79. The largest absolute Gasteiger partial charge is 0.356 e. The summed E-state index contributed by atoms with van der Waals surface area (Å²) in [6.07, 6.45) is 0.392. The van der Waals surface area contributed by atoms with E-state index in [0.717, 1.165) is 0 Å². The smallest absolute Gasteiger partial charge is 0.110 e. The standard InChI is InChI=1S/C22H14O2/c1-2-6-12-11(5-1)19-15-9-17-18(10-16(15)20(12)23-19)22-14-8-4-3-7-13(14)21(17)24-22/h1-10,19-22H. The van der Waals surface area contributed by atoms with E-state index < -0.39 is 0 Å². The van der Waals surface area contributed by atoms with Gasteiger partial charge < -0.3 is 9.47 Å². The van der Waals surface area contributed by atoms with Gasteiger partial charge in [-0.3, -0.25) is 0 Å². The van der Waals surface area contributed by atoms with Crippen molar-refractivity contribution in [1.29, 1.82) is 0 Å². The average molecular weight is 310 g/mol. The zero-order valence-electron chi connectivity index (χ0n) is 12.9. The van der Waals surface area contributed by atoms with E-state index in [0.29, 0.717) is 0 Å². The Kier molecular flexibility index (Phi) is 1.90. The second kappa shape index (κ2) is 3.80. The van der Waals surface area contributed by atoms with Gasteiger partial charge in [-0.2, -0.15) is 0 Å². The molecule has 3 aromatic rings. The molecule has 0 N–H and O–H groups in total. The molecule has 4 unspecified atom stereocenters. The minimum Gasteiger partial charge on any atom is -0.356 e. The van der Waals surface area contributed by atoms with E-state index in [9.17, 15) is 0 Å². The summed E-state index contributed by atoms with van der Waals surface area (Å²) in [5.41, 5.74) is 10.7. The third-order valence-corrected chi connectivity index (χ3v) is 6.08. The Morgan fingerprint density at radius 1 is 0.417 bits per heavy atom. The molecule has 0 saturated carbocycles. The minimum atomic E-state index is 0.0980. The third-order valence-electron chi connectivity index (χ3n) is 6.08. The number of rotatable bonds is 0. The topological polar surface area (TPSA) is 18.5 Å². The Morgan fingerprint density at radius 3 is 1.00 bits per heavy atom. The van der Waals surface area contributed by atoms with Gasteiger partial charge in [0.25, 0.3) is 0 Å². The number of hydrogen-bond acceptors (Lipinski definition) is 2. The maximum atomic E-state index is 6.32. The molecule has 4 atom stereocenters. The van der Waals surface area contributed by atoms with E-state index >= 15 is 0 Å². The Hall–Kier alpha value is -2.42. The molecule has 0 saturated heterocycles. The monoisotopic (exact) mass is 310 g/mol. The number of benzene rings is 3. The van der Waals surface area contributed by atoms with E-state index in [1.54, 1.807) is 0 Å². The molecule has 0 radical (unpaired) electrons. The molecular weight excluding hydrogens is 296 g/mol. The normalized spacial score (nSPS) is 29.3. The van der Waals surface area contributed by atoms with Gasteiger partial charge in [0, 0.05) is 0 Å². The number of hydrogen-bond donors (Lipinski definition) is 0. The summed E-state index contributed by atoms with van der Waals surface area (Å²) in [6, 6.07) is 21.9. The molecule has 4 bridgehead atoms. The number of ether oxygens (including phenoxy) is 2. The summed E-state index contributed by atoms with van der Waals surface area (Å²) in [5, 5.41) is 0. The van der Waals surface area contributed by atoms with Crippen LogP contribution >= 0.6 is 0 Å². The van der Waals surface area contributed by atoms with Crippen LogP contribution in [0.25, 0.3) is 0 Å². The fraction of sp³-hybridized carbons (Fsp3) is 0.182. The SMILES string of the molecule is c1ccc2c(c1)C1OC2c2cc3c(cc21)C1OC3c2ccccc21. The van der Waals surface area contributed by atoms with Crippen LogP contribution in [-0.4, -0.2) is 0 Å². The fourth-order valence-corrected chi connectivity index (χ4v) is 5.08. The average Bonchev–Trinajstić information content (AvgIpc) is 3.38. The lowest BCUT2D eigenvalue weighted by molar-refractivity contribution is 0.0818. The maximum Gasteiger partial charge on any atom is 0.110 e. The minimum absolute atomic E-state index is 0.0980. The second-order valence-corrected chi connectivity index (χ2v) is 7.16. The highest BCUT2D eigenvalue weighted by Crippen LogP contribution is 2.59. The maximum absolute atomic E-state index is 6.32. The fourth-order valence-electron chi connectivity index (χ4n) is 5.08. The summed E-state index contributed by atoms with van der Waals surface area (Å²) in [7, 11) is 0. The van der Waals surface area contributed by atoms with E-state index in [2.05, 4.69) is 60.7 Å². The first-order valence-corrected chi connectivity index (χ1v) is 8.56. The van der Waals surface area contributed by atoms with Gasteiger partial charge in [0.2, 0.25) is 0 Å².